The number of rotatable bonds is 3. The van der Waals surface area contributed by atoms with Gasteiger partial charge in [0.2, 0.25) is 0 Å². The third kappa shape index (κ3) is 2.80. The number of benzene rings is 1. The van der Waals surface area contributed by atoms with Gasteiger partial charge in [-0.05, 0) is 37.6 Å². The minimum Gasteiger partial charge on any atom is -0.374 e. The van der Waals surface area contributed by atoms with Gasteiger partial charge in [-0.2, -0.15) is 0 Å². The molecule has 2 fully saturated rings. The summed E-state index contributed by atoms with van der Waals surface area (Å²) in [5.41, 5.74) is 2.61. The van der Waals surface area contributed by atoms with Crippen LogP contribution in [0.1, 0.15) is 31.2 Å². The lowest BCUT2D eigenvalue weighted by atomic mass is 9.89. The first-order valence-corrected chi connectivity index (χ1v) is 7.98. The van der Waals surface area contributed by atoms with E-state index >= 15 is 0 Å². The lowest BCUT2D eigenvalue weighted by Gasteiger charge is -2.45. The molecular weight excluding hydrogens is 272 g/mol. The zero-order valence-electron chi connectivity index (χ0n) is 12.1. The number of fused-ring (bicyclic) bond motifs is 1. The van der Waals surface area contributed by atoms with Crippen molar-refractivity contribution in [1.29, 1.82) is 0 Å². The fourth-order valence-electron chi connectivity index (χ4n) is 3.54. The Labute approximate surface area is 126 Å². The minimum absolute atomic E-state index is 0.402. The SMILES string of the molecule is CNCc1ccc(Cl)cc1N1CCOC2CCCCC21. The first-order chi connectivity index (χ1) is 9.79. The average molecular weight is 295 g/mol. The van der Waals surface area contributed by atoms with E-state index in [1.54, 1.807) is 0 Å². The number of anilines is 1. The second-order valence-electron chi connectivity index (χ2n) is 5.76. The molecule has 2 unspecified atom stereocenters. The maximum Gasteiger partial charge on any atom is 0.0779 e. The molecular formula is C16H23ClN2O. The maximum absolute atomic E-state index is 6.23. The highest BCUT2D eigenvalue weighted by Crippen LogP contribution is 2.34. The van der Waals surface area contributed by atoms with Crippen molar-refractivity contribution >= 4 is 17.3 Å². The van der Waals surface area contributed by atoms with Crippen LogP contribution in [0.4, 0.5) is 5.69 Å². The van der Waals surface area contributed by atoms with Gasteiger partial charge in [0.1, 0.15) is 0 Å². The molecule has 3 rings (SSSR count). The van der Waals surface area contributed by atoms with E-state index in [-0.39, 0.29) is 0 Å². The summed E-state index contributed by atoms with van der Waals surface area (Å²) in [7, 11) is 1.99. The quantitative estimate of drug-likeness (QED) is 0.926. The highest BCUT2D eigenvalue weighted by atomic mass is 35.5. The Morgan fingerprint density at radius 1 is 1.35 bits per heavy atom. The van der Waals surface area contributed by atoms with Gasteiger partial charge in [0.25, 0.3) is 0 Å². The highest BCUT2D eigenvalue weighted by molar-refractivity contribution is 6.30. The van der Waals surface area contributed by atoms with Gasteiger partial charge < -0.3 is 15.0 Å². The molecule has 0 spiro atoms. The lowest BCUT2D eigenvalue weighted by Crippen LogP contribution is -2.53. The van der Waals surface area contributed by atoms with E-state index in [0.717, 1.165) is 24.7 Å². The Morgan fingerprint density at radius 2 is 2.20 bits per heavy atom. The number of hydrogen-bond acceptors (Lipinski definition) is 3. The maximum atomic E-state index is 6.23. The predicted octanol–water partition coefficient (Wildman–Crippen LogP) is 3.21. The van der Waals surface area contributed by atoms with Gasteiger partial charge in [-0.25, -0.2) is 0 Å². The number of hydrogen-bond donors (Lipinski definition) is 1. The van der Waals surface area contributed by atoms with E-state index in [1.165, 1.54) is 36.9 Å². The summed E-state index contributed by atoms with van der Waals surface area (Å²) in [5, 5.41) is 4.07. The van der Waals surface area contributed by atoms with Crippen LogP contribution in [0, 0.1) is 0 Å². The monoisotopic (exact) mass is 294 g/mol. The second-order valence-corrected chi connectivity index (χ2v) is 6.19. The van der Waals surface area contributed by atoms with Crippen LogP contribution in [0.15, 0.2) is 18.2 Å². The standard InChI is InChI=1S/C16H23ClN2O/c1-18-11-12-6-7-13(17)10-15(12)19-8-9-20-16-5-3-2-4-14(16)19/h6-7,10,14,16,18H,2-5,8-9,11H2,1H3. The molecule has 0 bridgehead atoms. The Morgan fingerprint density at radius 3 is 3.05 bits per heavy atom. The number of nitrogens with one attached hydrogen (secondary N) is 1. The van der Waals surface area contributed by atoms with Crippen molar-refractivity contribution < 1.29 is 4.74 Å². The van der Waals surface area contributed by atoms with Gasteiger partial charge in [-0.15, -0.1) is 0 Å². The van der Waals surface area contributed by atoms with Gasteiger partial charge in [-0.1, -0.05) is 30.5 Å². The largest absolute Gasteiger partial charge is 0.374 e. The van der Waals surface area contributed by atoms with E-state index in [0.29, 0.717) is 12.1 Å². The molecule has 4 heteroatoms. The molecule has 1 aliphatic carbocycles. The number of nitrogens with zero attached hydrogens (tertiary/aromatic N) is 1. The van der Waals surface area contributed by atoms with Crippen LogP contribution < -0.4 is 10.2 Å². The minimum atomic E-state index is 0.402. The van der Waals surface area contributed by atoms with E-state index in [1.807, 2.05) is 13.1 Å². The Kier molecular flexibility index (Phi) is 4.49. The number of ether oxygens (including phenoxy) is 1. The van der Waals surface area contributed by atoms with Gasteiger partial charge in [-0.3, -0.25) is 0 Å². The zero-order chi connectivity index (χ0) is 13.9. The summed E-state index contributed by atoms with van der Waals surface area (Å²) in [6.07, 6.45) is 5.44. The molecule has 0 aromatic heterocycles. The van der Waals surface area contributed by atoms with Crippen molar-refractivity contribution in [2.24, 2.45) is 0 Å². The Hall–Kier alpha value is -0.770. The van der Waals surface area contributed by atoms with Gasteiger partial charge in [0.15, 0.2) is 0 Å². The van der Waals surface area contributed by atoms with E-state index in [2.05, 4.69) is 22.3 Å². The van der Waals surface area contributed by atoms with Crippen molar-refractivity contribution in [1.82, 2.24) is 5.32 Å². The van der Waals surface area contributed by atoms with Crippen molar-refractivity contribution in [3.05, 3.63) is 28.8 Å². The molecule has 1 saturated heterocycles. The van der Waals surface area contributed by atoms with Crippen molar-refractivity contribution in [3.63, 3.8) is 0 Å². The summed E-state index contributed by atoms with van der Waals surface area (Å²) in [6, 6.07) is 6.76. The van der Waals surface area contributed by atoms with Crippen LogP contribution in [-0.4, -0.2) is 32.3 Å². The van der Waals surface area contributed by atoms with Crippen molar-refractivity contribution in [3.8, 4) is 0 Å². The molecule has 3 nitrogen and oxygen atoms in total. The van der Waals surface area contributed by atoms with Crippen LogP contribution in [0.5, 0.6) is 0 Å². The lowest BCUT2D eigenvalue weighted by molar-refractivity contribution is -0.00873. The van der Waals surface area contributed by atoms with E-state index < -0.39 is 0 Å². The second kappa shape index (κ2) is 6.33. The molecule has 2 atom stereocenters. The fraction of sp³-hybridized carbons (Fsp3) is 0.625. The average Bonchev–Trinajstić information content (AvgIpc) is 2.49. The first kappa shape index (κ1) is 14.2. The molecule has 1 aliphatic heterocycles. The molecule has 1 aromatic rings. The summed E-state index contributed by atoms with van der Waals surface area (Å²) < 4.78 is 5.97. The molecule has 1 aromatic carbocycles. The van der Waals surface area contributed by atoms with Crippen LogP contribution in [0.2, 0.25) is 5.02 Å². The summed E-state index contributed by atoms with van der Waals surface area (Å²) in [6.45, 7) is 2.67. The summed E-state index contributed by atoms with van der Waals surface area (Å²) in [4.78, 5) is 2.53. The zero-order valence-corrected chi connectivity index (χ0v) is 12.8. The highest BCUT2D eigenvalue weighted by Gasteiger charge is 2.35. The Bertz CT molecular complexity index is 464. The van der Waals surface area contributed by atoms with E-state index in [9.17, 15) is 0 Å². The third-order valence-electron chi connectivity index (χ3n) is 4.46. The first-order valence-electron chi connectivity index (χ1n) is 7.61. The number of halogens is 1. The topological polar surface area (TPSA) is 24.5 Å². The normalized spacial score (nSPS) is 26.4. The molecule has 2 aliphatic rings. The van der Waals surface area contributed by atoms with Crippen molar-refractivity contribution in [2.75, 3.05) is 25.1 Å². The van der Waals surface area contributed by atoms with Crippen LogP contribution in [-0.2, 0) is 11.3 Å². The number of morpholine rings is 1. The Balaban J connectivity index is 1.91. The molecule has 110 valence electrons. The molecule has 0 radical (unpaired) electrons. The molecule has 1 saturated carbocycles. The van der Waals surface area contributed by atoms with Gasteiger partial charge in [0, 0.05) is 23.8 Å². The summed E-state index contributed by atoms with van der Waals surface area (Å²) >= 11 is 6.23. The molecule has 0 amide bonds. The van der Waals surface area contributed by atoms with E-state index in [4.69, 9.17) is 16.3 Å². The van der Waals surface area contributed by atoms with Gasteiger partial charge >= 0.3 is 0 Å². The van der Waals surface area contributed by atoms with Crippen LogP contribution in [0.3, 0.4) is 0 Å². The predicted molar refractivity (Wildman–Crippen MR) is 83.6 cm³/mol. The molecule has 1 heterocycles. The van der Waals surface area contributed by atoms with Crippen LogP contribution >= 0.6 is 11.6 Å². The molecule has 20 heavy (non-hydrogen) atoms. The smallest absolute Gasteiger partial charge is 0.0779 e. The van der Waals surface area contributed by atoms with Crippen LogP contribution in [0.25, 0.3) is 0 Å². The third-order valence-corrected chi connectivity index (χ3v) is 4.69. The fourth-order valence-corrected chi connectivity index (χ4v) is 3.71. The van der Waals surface area contributed by atoms with Crippen molar-refractivity contribution in [2.45, 2.75) is 44.4 Å². The summed E-state index contributed by atoms with van der Waals surface area (Å²) in [5.74, 6) is 0. The molecule has 1 N–H and O–H groups in total. The van der Waals surface area contributed by atoms with Gasteiger partial charge in [0.05, 0.1) is 18.8 Å².